The Balaban J connectivity index is 2.08. The number of hydrogen-bond donors (Lipinski definition) is 1. The number of alkyl halides is 1. The molecule has 0 bridgehead atoms. The van der Waals surface area contributed by atoms with Crippen LogP contribution in [0.25, 0.3) is 0 Å². The fourth-order valence-electron chi connectivity index (χ4n) is 2.04. The van der Waals surface area contributed by atoms with Crippen molar-refractivity contribution in [3.05, 3.63) is 59.7 Å². The van der Waals surface area contributed by atoms with Crippen LogP contribution in [0.2, 0.25) is 0 Å². The van der Waals surface area contributed by atoms with Crippen molar-refractivity contribution in [2.75, 3.05) is 17.8 Å². The Morgan fingerprint density at radius 1 is 1.19 bits per heavy atom. The van der Waals surface area contributed by atoms with Crippen molar-refractivity contribution < 1.29 is 9.53 Å². The van der Waals surface area contributed by atoms with Gasteiger partial charge in [-0.3, -0.25) is 4.79 Å². The zero-order valence-electron chi connectivity index (χ0n) is 11.9. The predicted octanol–water partition coefficient (Wildman–Crippen LogP) is 4.28. The van der Waals surface area contributed by atoms with E-state index in [2.05, 4.69) is 27.3 Å². The molecule has 1 amide bonds. The maximum Gasteiger partial charge on any atom is 0.255 e. The zero-order valence-corrected chi connectivity index (χ0v) is 13.5. The Labute approximate surface area is 133 Å². The van der Waals surface area contributed by atoms with E-state index < -0.39 is 0 Å². The van der Waals surface area contributed by atoms with Gasteiger partial charge in [-0.1, -0.05) is 34.1 Å². The van der Waals surface area contributed by atoms with Crippen LogP contribution in [0.1, 0.15) is 22.3 Å². The van der Waals surface area contributed by atoms with Gasteiger partial charge in [-0.2, -0.15) is 0 Å². The standard InChI is InChI=1S/C17H18BrNO2/c1-21-16-9-3-7-14(12-16)17(20)19-15-8-2-5-13(11-15)6-4-10-18/h2-3,5,7-9,11-12H,4,6,10H2,1H3,(H,19,20). The number of methoxy groups -OCH3 is 1. The number of hydrogen-bond acceptors (Lipinski definition) is 2. The summed E-state index contributed by atoms with van der Waals surface area (Å²) in [5.74, 6) is 0.542. The number of nitrogens with one attached hydrogen (secondary N) is 1. The second-order valence-corrected chi connectivity index (χ2v) is 5.47. The van der Waals surface area contributed by atoms with E-state index in [4.69, 9.17) is 4.74 Å². The summed E-state index contributed by atoms with van der Waals surface area (Å²) in [6.07, 6.45) is 2.07. The molecule has 0 aliphatic rings. The lowest BCUT2D eigenvalue weighted by molar-refractivity contribution is 0.102. The van der Waals surface area contributed by atoms with Gasteiger partial charge >= 0.3 is 0 Å². The summed E-state index contributed by atoms with van der Waals surface area (Å²) in [5, 5.41) is 3.90. The van der Waals surface area contributed by atoms with Gasteiger partial charge < -0.3 is 10.1 Å². The van der Waals surface area contributed by atoms with Gasteiger partial charge in [-0.25, -0.2) is 0 Å². The van der Waals surface area contributed by atoms with Gasteiger partial charge in [0.15, 0.2) is 0 Å². The van der Waals surface area contributed by atoms with E-state index in [-0.39, 0.29) is 5.91 Å². The third kappa shape index (κ3) is 4.60. The molecule has 21 heavy (non-hydrogen) atoms. The average Bonchev–Trinajstić information content (AvgIpc) is 2.53. The van der Waals surface area contributed by atoms with Crippen molar-refractivity contribution in [1.29, 1.82) is 0 Å². The molecule has 3 nitrogen and oxygen atoms in total. The summed E-state index contributed by atoms with van der Waals surface area (Å²) in [4.78, 5) is 12.2. The van der Waals surface area contributed by atoms with Crippen LogP contribution >= 0.6 is 15.9 Å². The molecule has 0 aliphatic heterocycles. The molecule has 2 aromatic rings. The van der Waals surface area contributed by atoms with Crippen LogP contribution in [0.5, 0.6) is 5.75 Å². The van der Waals surface area contributed by atoms with Crippen molar-refractivity contribution in [3.63, 3.8) is 0 Å². The van der Waals surface area contributed by atoms with Crippen molar-refractivity contribution in [1.82, 2.24) is 0 Å². The molecule has 2 aromatic carbocycles. The molecule has 4 heteroatoms. The molecule has 0 aliphatic carbocycles. The monoisotopic (exact) mass is 347 g/mol. The number of amides is 1. The highest BCUT2D eigenvalue weighted by molar-refractivity contribution is 9.09. The van der Waals surface area contributed by atoms with Gasteiger partial charge in [0, 0.05) is 16.6 Å². The van der Waals surface area contributed by atoms with E-state index in [9.17, 15) is 4.79 Å². The van der Waals surface area contributed by atoms with E-state index in [0.717, 1.165) is 23.9 Å². The van der Waals surface area contributed by atoms with Crippen molar-refractivity contribution in [2.24, 2.45) is 0 Å². The van der Waals surface area contributed by atoms with Crippen molar-refractivity contribution in [2.45, 2.75) is 12.8 Å². The van der Waals surface area contributed by atoms with Gasteiger partial charge in [0.2, 0.25) is 0 Å². The first kappa shape index (κ1) is 15.6. The van der Waals surface area contributed by atoms with Crippen LogP contribution in [0.15, 0.2) is 48.5 Å². The number of benzene rings is 2. The summed E-state index contributed by atoms with van der Waals surface area (Å²) in [7, 11) is 1.59. The van der Waals surface area contributed by atoms with Gasteiger partial charge in [0.05, 0.1) is 7.11 Å². The molecular weight excluding hydrogens is 330 g/mol. The normalized spacial score (nSPS) is 10.2. The lowest BCUT2D eigenvalue weighted by atomic mass is 10.1. The highest BCUT2D eigenvalue weighted by Crippen LogP contribution is 2.16. The van der Waals surface area contributed by atoms with Crippen LogP contribution in [-0.4, -0.2) is 18.3 Å². The summed E-state index contributed by atoms with van der Waals surface area (Å²) in [5.41, 5.74) is 2.62. The Morgan fingerprint density at radius 3 is 2.76 bits per heavy atom. The molecule has 0 unspecified atom stereocenters. The van der Waals surface area contributed by atoms with E-state index in [1.54, 1.807) is 25.3 Å². The van der Waals surface area contributed by atoms with Crippen LogP contribution in [0, 0.1) is 0 Å². The molecule has 0 heterocycles. The number of carbonyl (C=O) groups is 1. The first-order valence-corrected chi connectivity index (χ1v) is 7.95. The highest BCUT2D eigenvalue weighted by Gasteiger charge is 2.07. The Morgan fingerprint density at radius 2 is 2.00 bits per heavy atom. The lowest BCUT2D eigenvalue weighted by Crippen LogP contribution is -2.12. The Kier molecular flexibility index (Phi) is 5.81. The summed E-state index contributed by atoms with van der Waals surface area (Å²) >= 11 is 3.43. The summed E-state index contributed by atoms with van der Waals surface area (Å²) < 4.78 is 5.13. The predicted molar refractivity (Wildman–Crippen MR) is 89.5 cm³/mol. The average molecular weight is 348 g/mol. The molecule has 0 saturated carbocycles. The van der Waals surface area contributed by atoms with Gasteiger partial charge in [-0.05, 0) is 48.7 Å². The first-order chi connectivity index (χ1) is 10.2. The molecule has 0 spiro atoms. The second kappa shape index (κ2) is 7.84. The minimum atomic E-state index is -0.133. The maximum atomic E-state index is 12.2. The smallest absolute Gasteiger partial charge is 0.255 e. The fourth-order valence-corrected chi connectivity index (χ4v) is 2.32. The molecule has 0 radical (unpaired) electrons. The zero-order chi connectivity index (χ0) is 15.1. The summed E-state index contributed by atoms with van der Waals surface area (Å²) in [6, 6.07) is 15.1. The van der Waals surface area contributed by atoms with Crippen LogP contribution in [0.4, 0.5) is 5.69 Å². The number of aryl methyl sites for hydroxylation is 1. The largest absolute Gasteiger partial charge is 0.497 e. The van der Waals surface area contributed by atoms with E-state index in [1.165, 1.54) is 5.56 Å². The molecule has 1 N–H and O–H groups in total. The van der Waals surface area contributed by atoms with E-state index >= 15 is 0 Å². The molecule has 0 aromatic heterocycles. The van der Waals surface area contributed by atoms with Crippen LogP contribution < -0.4 is 10.1 Å². The third-order valence-corrected chi connectivity index (χ3v) is 3.68. The topological polar surface area (TPSA) is 38.3 Å². The van der Waals surface area contributed by atoms with Gasteiger partial charge in [0.1, 0.15) is 5.75 Å². The number of rotatable bonds is 6. The number of halogens is 1. The number of anilines is 1. The number of ether oxygens (including phenoxy) is 1. The quantitative estimate of drug-likeness (QED) is 0.792. The first-order valence-electron chi connectivity index (χ1n) is 6.83. The molecule has 110 valence electrons. The minimum absolute atomic E-state index is 0.133. The maximum absolute atomic E-state index is 12.2. The fraction of sp³-hybridized carbons (Fsp3) is 0.235. The SMILES string of the molecule is COc1cccc(C(=O)Nc2cccc(CCCBr)c2)c1. The molecular formula is C17H18BrNO2. The third-order valence-electron chi connectivity index (χ3n) is 3.12. The second-order valence-electron chi connectivity index (χ2n) is 4.68. The molecule has 0 atom stereocenters. The summed E-state index contributed by atoms with van der Waals surface area (Å²) in [6.45, 7) is 0. The highest BCUT2D eigenvalue weighted by atomic mass is 79.9. The molecule has 0 saturated heterocycles. The lowest BCUT2D eigenvalue weighted by Gasteiger charge is -2.08. The van der Waals surface area contributed by atoms with E-state index in [0.29, 0.717) is 11.3 Å². The van der Waals surface area contributed by atoms with Crippen LogP contribution in [0.3, 0.4) is 0 Å². The number of carbonyl (C=O) groups excluding carboxylic acids is 1. The van der Waals surface area contributed by atoms with Gasteiger partial charge in [-0.15, -0.1) is 0 Å². The van der Waals surface area contributed by atoms with Crippen molar-refractivity contribution >= 4 is 27.5 Å². The van der Waals surface area contributed by atoms with Crippen molar-refractivity contribution in [3.8, 4) is 5.75 Å². The van der Waals surface area contributed by atoms with E-state index in [1.807, 2.05) is 24.3 Å². The Bertz CT molecular complexity index is 613. The molecule has 2 rings (SSSR count). The minimum Gasteiger partial charge on any atom is -0.497 e. The Hall–Kier alpha value is -1.81. The van der Waals surface area contributed by atoms with Gasteiger partial charge in [0.25, 0.3) is 5.91 Å². The molecule has 0 fully saturated rings. The van der Waals surface area contributed by atoms with Crippen LogP contribution in [-0.2, 0) is 6.42 Å².